The second kappa shape index (κ2) is 4.45. The summed E-state index contributed by atoms with van der Waals surface area (Å²) >= 11 is 0. The van der Waals surface area contributed by atoms with Gasteiger partial charge in [-0.1, -0.05) is 0 Å². The summed E-state index contributed by atoms with van der Waals surface area (Å²) in [6.07, 6.45) is 2.68. The van der Waals surface area contributed by atoms with Gasteiger partial charge in [0.15, 0.2) is 5.78 Å². The minimum atomic E-state index is -0.00419. The van der Waals surface area contributed by atoms with E-state index in [0.717, 1.165) is 18.6 Å². The van der Waals surface area contributed by atoms with E-state index in [1.165, 1.54) is 7.11 Å². The Balaban J connectivity index is 1.99. The number of carbonyl (C=O) groups excluding carboxylic acids is 1. The third-order valence-electron chi connectivity index (χ3n) is 2.28. The van der Waals surface area contributed by atoms with Crippen LogP contribution in [0.15, 0.2) is 24.3 Å². The fraction of sp³-hybridized carbons (Fsp3) is 0.417. The third kappa shape index (κ3) is 2.80. The van der Waals surface area contributed by atoms with Gasteiger partial charge in [0.05, 0.1) is 6.10 Å². The molecule has 3 heteroatoms. The van der Waals surface area contributed by atoms with Crippen molar-refractivity contribution < 1.29 is 14.3 Å². The molecule has 1 aliphatic rings. The predicted octanol–water partition coefficient (Wildman–Crippen LogP) is 2.06. The van der Waals surface area contributed by atoms with Crippen molar-refractivity contribution in [2.75, 3.05) is 13.7 Å². The van der Waals surface area contributed by atoms with E-state index < -0.39 is 0 Å². The average Bonchev–Trinajstić information content (AvgIpc) is 3.03. The van der Waals surface area contributed by atoms with Gasteiger partial charge in [-0.15, -0.1) is 0 Å². The van der Waals surface area contributed by atoms with Crippen molar-refractivity contribution >= 4 is 5.78 Å². The number of rotatable bonds is 5. The van der Waals surface area contributed by atoms with Gasteiger partial charge in [-0.05, 0) is 37.1 Å². The Morgan fingerprint density at radius 2 is 2.00 bits per heavy atom. The third-order valence-corrected chi connectivity index (χ3v) is 2.28. The summed E-state index contributed by atoms with van der Waals surface area (Å²) in [5.41, 5.74) is 0.667. The van der Waals surface area contributed by atoms with Gasteiger partial charge in [0.25, 0.3) is 0 Å². The molecular formula is C12H14O3. The van der Waals surface area contributed by atoms with E-state index >= 15 is 0 Å². The molecule has 0 aromatic heterocycles. The lowest BCUT2D eigenvalue weighted by Gasteiger charge is -2.04. The Kier molecular flexibility index (Phi) is 3.02. The van der Waals surface area contributed by atoms with Crippen LogP contribution in [0.3, 0.4) is 0 Å². The molecule has 1 aliphatic carbocycles. The van der Waals surface area contributed by atoms with Crippen LogP contribution in [0, 0.1) is 0 Å². The van der Waals surface area contributed by atoms with Crippen LogP contribution in [-0.4, -0.2) is 25.6 Å². The minimum absolute atomic E-state index is 0.00419. The van der Waals surface area contributed by atoms with Gasteiger partial charge in [0, 0.05) is 12.7 Å². The molecule has 3 nitrogen and oxygen atoms in total. The van der Waals surface area contributed by atoms with E-state index in [9.17, 15) is 4.79 Å². The Bertz CT molecular complexity index is 338. The predicted molar refractivity (Wildman–Crippen MR) is 56.3 cm³/mol. The van der Waals surface area contributed by atoms with Crippen molar-refractivity contribution in [2.24, 2.45) is 0 Å². The topological polar surface area (TPSA) is 35.5 Å². The van der Waals surface area contributed by atoms with Crippen LogP contribution < -0.4 is 4.74 Å². The molecule has 0 saturated heterocycles. The number of benzene rings is 1. The maximum absolute atomic E-state index is 11.4. The minimum Gasteiger partial charge on any atom is -0.490 e. The molecule has 80 valence electrons. The molecule has 1 fully saturated rings. The zero-order valence-corrected chi connectivity index (χ0v) is 8.73. The molecular weight excluding hydrogens is 192 g/mol. The molecule has 0 N–H and O–H groups in total. The van der Waals surface area contributed by atoms with E-state index in [-0.39, 0.29) is 12.4 Å². The molecule has 1 saturated carbocycles. The van der Waals surface area contributed by atoms with Crippen molar-refractivity contribution in [2.45, 2.75) is 18.9 Å². The molecule has 0 amide bonds. The second-order valence-electron chi connectivity index (χ2n) is 3.70. The summed E-state index contributed by atoms with van der Waals surface area (Å²) < 4.78 is 10.4. The van der Waals surface area contributed by atoms with Gasteiger partial charge in [-0.3, -0.25) is 4.79 Å². The number of hydrogen-bond donors (Lipinski definition) is 0. The number of carbonyl (C=O) groups is 1. The molecule has 0 aliphatic heterocycles. The molecule has 1 aromatic rings. The maximum atomic E-state index is 11.4. The average molecular weight is 206 g/mol. The van der Waals surface area contributed by atoms with Crippen LogP contribution >= 0.6 is 0 Å². The fourth-order valence-corrected chi connectivity index (χ4v) is 1.31. The standard InChI is InChI=1S/C12H14O3/c1-14-8-12(13)9-2-4-10(5-3-9)15-11-6-7-11/h2-5,11H,6-8H2,1H3. The van der Waals surface area contributed by atoms with Gasteiger partial charge in [0.2, 0.25) is 0 Å². The summed E-state index contributed by atoms with van der Waals surface area (Å²) in [6.45, 7) is 0.128. The summed E-state index contributed by atoms with van der Waals surface area (Å²) in [4.78, 5) is 11.4. The number of methoxy groups -OCH3 is 1. The Hall–Kier alpha value is -1.35. The molecule has 0 spiro atoms. The number of ether oxygens (including phenoxy) is 2. The molecule has 0 atom stereocenters. The highest BCUT2D eigenvalue weighted by atomic mass is 16.5. The Labute approximate surface area is 89.0 Å². The normalized spacial score (nSPS) is 15.0. The SMILES string of the molecule is COCC(=O)c1ccc(OC2CC2)cc1. The Morgan fingerprint density at radius 1 is 1.33 bits per heavy atom. The van der Waals surface area contributed by atoms with E-state index in [1.54, 1.807) is 12.1 Å². The van der Waals surface area contributed by atoms with Crippen molar-refractivity contribution in [3.05, 3.63) is 29.8 Å². The highest BCUT2D eigenvalue weighted by Gasteiger charge is 2.23. The van der Waals surface area contributed by atoms with Crippen LogP contribution in [-0.2, 0) is 4.74 Å². The lowest BCUT2D eigenvalue weighted by molar-refractivity contribution is 0.0848. The van der Waals surface area contributed by atoms with Gasteiger partial charge >= 0.3 is 0 Å². The monoisotopic (exact) mass is 206 g/mol. The molecule has 1 aromatic carbocycles. The highest BCUT2D eigenvalue weighted by molar-refractivity contribution is 5.97. The van der Waals surface area contributed by atoms with Gasteiger partial charge in [0.1, 0.15) is 12.4 Å². The molecule has 0 unspecified atom stereocenters. The van der Waals surface area contributed by atoms with E-state index in [4.69, 9.17) is 9.47 Å². The fourth-order valence-electron chi connectivity index (χ4n) is 1.31. The molecule has 2 rings (SSSR count). The first kappa shape index (κ1) is 10.2. The smallest absolute Gasteiger partial charge is 0.188 e. The summed E-state index contributed by atoms with van der Waals surface area (Å²) in [7, 11) is 1.52. The largest absolute Gasteiger partial charge is 0.490 e. The van der Waals surface area contributed by atoms with Crippen molar-refractivity contribution in [1.82, 2.24) is 0 Å². The number of hydrogen-bond acceptors (Lipinski definition) is 3. The van der Waals surface area contributed by atoms with E-state index in [0.29, 0.717) is 11.7 Å². The lowest BCUT2D eigenvalue weighted by Crippen LogP contribution is -2.06. The van der Waals surface area contributed by atoms with Crippen LogP contribution in [0.25, 0.3) is 0 Å². The van der Waals surface area contributed by atoms with Crippen molar-refractivity contribution in [3.63, 3.8) is 0 Å². The molecule has 0 radical (unpaired) electrons. The summed E-state index contributed by atoms with van der Waals surface area (Å²) in [5, 5.41) is 0. The lowest BCUT2D eigenvalue weighted by atomic mass is 10.1. The zero-order valence-electron chi connectivity index (χ0n) is 8.73. The zero-order chi connectivity index (χ0) is 10.7. The van der Waals surface area contributed by atoms with Crippen molar-refractivity contribution in [1.29, 1.82) is 0 Å². The molecule has 0 heterocycles. The van der Waals surface area contributed by atoms with Gasteiger partial charge in [-0.2, -0.15) is 0 Å². The number of Topliss-reactive ketones (excluding diaryl/α,β-unsaturated/α-hetero) is 1. The first-order chi connectivity index (χ1) is 7.29. The van der Waals surface area contributed by atoms with Gasteiger partial charge in [-0.25, -0.2) is 0 Å². The number of ketones is 1. The second-order valence-corrected chi connectivity index (χ2v) is 3.70. The van der Waals surface area contributed by atoms with E-state index in [2.05, 4.69) is 0 Å². The highest BCUT2D eigenvalue weighted by Crippen LogP contribution is 2.26. The molecule has 15 heavy (non-hydrogen) atoms. The quantitative estimate of drug-likeness (QED) is 0.692. The van der Waals surface area contributed by atoms with Crippen LogP contribution in [0.5, 0.6) is 5.75 Å². The van der Waals surface area contributed by atoms with Crippen molar-refractivity contribution in [3.8, 4) is 5.75 Å². The van der Waals surface area contributed by atoms with E-state index in [1.807, 2.05) is 12.1 Å². The Morgan fingerprint density at radius 3 is 2.53 bits per heavy atom. The van der Waals surface area contributed by atoms with Crippen LogP contribution in [0.2, 0.25) is 0 Å². The molecule has 0 bridgehead atoms. The first-order valence-electron chi connectivity index (χ1n) is 5.08. The van der Waals surface area contributed by atoms with Crippen LogP contribution in [0.1, 0.15) is 23.2 Å². The first-order valence-corrected chi connectivity index (χ1v) is 5.08. The van der Waals surface area contributed by atoms with Gasteiger partial charge < -0.3 is 9.47 Å². The summed E-state index contributed by atoms with van der Waals surface area (Å²) in [6, 6.07) is 7.22. The van der Waals surface area contributed by atoms with Crippen LogP contribution in [0.4, 0.5) is 0 Å². The maximum Gasteiger partial charge on any atom is 0.188 e. The summed E-state index contributed by atoms with van der Waals surface area (Å²) in [5.74, 6) is 0.835.